The van der Waals surface area contributed by atoms with E-state index < -0.39 is 17.5 Å². The van der Waals surface area contributed by atoms with Crippen LogP contribution in [-0.2, 0) is 4.74 Å². The van der Waals surface area contributed by atoms with Gasteiger partial charge in [-0.2, -0.15) is 0 Å². The summed E-state index contributed by atoms with van der Waals surface area (Å²) in [6.07, 6.45) is 0. The number of non-ortho nitro benzene ring substituents is 1. The first-order valence-corrected chi connectivity index (χ1v) is 9.05. The number of ether oxygens (including phenoxy) is 1. The van der Waals surface area contributed by atoms with Crippen molar-refractivity contribution in [3.8, 4) is 5.69 Å². The molecule has 0 aliphatic carbocycles. The Hall–Kier alpha value is -3.45. The Balaban J connectivity index is 1.75. The first-order chi connectivity index (χ1) is 13.8. The molecule has 2 aromatic carbocycles. The Kier molecular flexibility index (Phi) is 5.79. The van der Waals surface area contributed by atoms with Gasteiger partial charge >= 0.3 is 5.97 Å². The maximum absolute atomic E-state index is 12.6. The maximum Gasteiger partial charge on any atom is 0.338 e. The quantitative estimate of drug-likeness (QED) is 0.253. The molecule has 148 valence electrons. The third-order valence-corrected chi connectivity index (χ3v) is 4.70. The van der Waals surface area contributed by atoms with Gasteiger partial charge in [0.2, 0.25) is 5.78 Å². The molecule has 8 heteroatoms. The van der Waals surface area contributed by atoms with Crippen molar-refractivity contribution in [2.45, 2.75) is 13.8 Å². The number of aromatic nitrogens is 1. The molecule has 0 saturated carbocycles. The molecule has 0 atom stereocenters. The molecule has 0 aliphatic rings. The lowest BCUT2D eigenvalue weighted by Crippen LogP contribution is -2.15. The van der Waals surface area contributed by atoms with E-state index >= 15 is 0 Å². The second kappa shape index (κ2) is 8.28. The van der Waals surface area contributed by atoms with Gasteiger partial charge in [-0.25, -0.2) is 4.79 Å². The number of halogens is 1. The number of carbonyl (C=O) groups is 2. The van der Waals surface area contributed by atoms with Gasteiger partial charge in [-0.15, -0.1) is 0 Å². The van der Waals surface area contributed by atoms with Crippen molar-refractivity contribution >= 4 is 29.0 Å². The number of Topliss-reactive ketones (excluding diaryl/α,β-unsaturated/α-hetero) is 1. The van der Waals surface area contributed by atoms with Crippen LogP contribution in [0.2, 0.25) is 5.02 Å². The lowest BCUT2D eigenvalue weighted by atomic mass is 10.1. The van der Waals surface area contributed by atoms with Gasteiger partial charge in [0, 0.05) is 39.8 Å². The molecule has 0 bridgehead atoms. The minimum absolute atomic E-state index is 0.0126. The molecule has 3 rings (SSSR count). The minimum atomic E-state index is -0.798. The zero-order valence-corrected chi connectivity index (χ0v) is 16.5. The predicted octanol–water partition coefficient (Wildman–Crippen LogP) is 4.70. The van der Waals surface area contributed by atoms with Gasteiger partial charge in [0.25, 0.3) is 5.69 Å². The highest BCUT2D eigenvalue weighted by Crippen LogP contribution is 2.23. The number of rotatable bonds is 6. The van der Waals surface area contributed by atoms with Crippen LogP contribution < -0.4 is 0 Å². The van der Waals surface area contributed by atoms with Crippen molar-refractivity contribution < 1.29 is 19.2 Å². The highest BCUT2D eigenvalue weighted by molar-refractivity contribution is 6.30. The number of nitro benzene ring substituents is 1. The van der Waals surface area contributed by atoms with Gasteiger partial charge in [0.15, 0.2) is 6.61 Å². The van der Waals surface area contributed by atoms with E-state index in [-0.39, 0.29) is 17.0 Å². The van der Waals surface area contributed by atoms with Crippen molar-refractivity contribution in [2.75, 3.05) is 6.61 Å². The first-order valence-electron chi connectivity index (χ1n) is 8.67. The summed E-state index contributed by atoms with van der Waals surface area (Å²) >= 11 is 5.93. The maximum atomic E-state index is 12.6. The topological polar surface area (TPSA) is 91.4 Å². The molecule has 0 amide bonds. The third kappa shape index (κ3) is 4.35. The van der Waals surface area contributed by atoms with Crippen LogP contribution in [0.1, 0.15) is 32.1 Å². The smallest absolute Gasteiger partial charge is 0.338 e. The van der Waals surface area contributed by atoms with Crippen molar-refractivity contribution in [2.24, 2.45) is 0 Å². The van der Waals surface area contributed by atoms with Crippen LogP contribution in [0.25, 0.3) is 5.69 Å². The third-order valence-electron chi connectivity index (χ3n) is 4.44. The molecule has 1 heterocycles. The van der Waals surface area contributed by atoms with Crippen LogP contribution in [0.15, 0.2) is 54.6 Å². The second-order valence-corrected chi connectivity index (χ2v) is 6.84. The molecule has 0 unspecified atom stereocenters. The van der Waals surface area contributed by atoms with Crippen LogP contribution in [0.3, 0.4) is 0 Å². The summed E-state index contributed by atoms with van der Waals surface area (Å²) in [5, 5.41) is 11.4. The molecule has 1 aromatic heterocycles. The molecule has 0 fully saturated rings. The molecule has 0 radical (unpaired) electrons. The molecule has 0 saturated heterocycles. The summed E-state index contributed by atoms with van der Waals surface area (Å²) in [4.78, 5) is 35.0. The Bertz CT molecular complexity index is 1100. The van der Waals surface area contributed by atoms with Crippen LogP contribution >= 0.6 is 11.6 Å². The molecule has 0 spiro atoms. The highest BCUT2D eigenvalue weighted by atomic mass is 35.5. The van der Waals surface area contributed by atoms with Gasteiger partial charge in [-0.05, 0) is 50.2 Å². The number of nitrogens with zero attached hydrogens (tertiary/aromatic N) is 2. The summed E-state index contributed by atoms with van der Waals surface area (Å²) < 4.78 is 6.98. The molecule has 0 aliphatic heterocycles. The SMILES string of the molecule is Cc1cc(C(=O)COC(=O)c2cccc([N+](=O)[O-])c2)c(C)n1-c1ccc(Cl)cc1. The summed E-state index contributed by atoms with van der Waals surface area (Å²) in [5.74, 6) is -1.16. The van der Waals surface area contributed by atoms with Gasteiger partial charge in [0.05, 0.1) is 10.5 Å². The Morgan fingerprint density at radius 2 is 1.79 bits per heavy atom. The Morgan fingerprint density at radius 3 is 2.45 bits per heavy atom. The normalized spacial score (nSPS) is 10.6. The van der Waals surface area contributed by atoms with E-state index in [1.54, 1.807) is 25.1 Å². The van der Waals surface area contributed by atoms with Gasteiger partial charge < -0.3 is 9.30 Å². The zero-order chi connectivity index (χ0) is 21.1. The fourth-order valence-corrected chi connectivity index (χ4v) is 3.20. The Labute approximate surface area is 171 Å². The van der Waals surface area contributed by atoms with E-state index in [1.165, 1.54) is 18.2 Å². The molecule has 7 nitrogen and oxygen atoms in total. The fraction of sp³-hybridized carbons (Fsp3) is 0.143. The minimum Gasteiger partial charge on any atom is -0.454 e. The van der Waals surface area contributed by atoms with Crippen LogP contribution in [-0.4, -0.2) is 27.8 Å². The number of nitro groups is 1. The van der Waals surface area contributed by atoms with Gasteiger partial charge in [0.1, 0.15) is 0 Å². The van der Waals surface area contributed by atoms with E-state index in [2.05, 4.69) is 0 Å². The fourth-order valence-electron chi connectivity index (χ4n) is 3.07. The predicted molar refractivity (Wildman–Crippen MR) is 108 cm³/mol. The lowest BCUT2D eigenvalue weighted by Gasteiger charge is -2.10. The molecule has 0 N–H and O–H groups in total. The molecular formula is C21H17ClN2O5. The van der Waals surface area contributed by atoms with Crippen molar-refractivity contribution in [1.82, 2.24) is 4.57 Å². The van der Waals surface area contributed by atoms with E-state index in [0.29, 0.717) is 16.3 Å². The number of ketones is 1. The molecular weight excluding hydrogens is 396 g/mol. The summed E-state index contributed by atoms with van der Waals surface area (Å²) in [6, 6.07) is 14.1. The van der Waals surface area contributed by atoms with Crippen LogP contribution in [0, 0.1) is 24.0 Å². The Morgan fingerprint density at radius 1 is 1.10 bits per heavy atom. The first kappa shape index (κ1) is 20.3. The highest BCUT2D eigenvalue weighted by Gasteiger charge is 2.19. The number of esters is 1. The second-order valence-electron chi connectivity index (χ2n) is 6.40. The van der Waals surface area contributed by atoms with Crippen LogP contribution in [0.4, 0.5) is 5.69 Å². The average Bonchev–Trinajstić information content (AvgIpc) is 3.01. The number of carbonyl (C=O) groups excluding carboxylic acids is 2. The number of benzene rings is 2. The van der Waals surface area contributed by atoms with Gasteiger partial charge in [-0.1, -0.05) is 17.7 Å². The number of hydrogen-bond acceptors (Lipinski definition) is 5. The monoisotopic (exact) mass is 412 g/mol. The largest absolute Gasteiger partial charge is 0.454 e. The van der Waals surface area contributed by atoms with Crippen molar-refractivity contribution in [3.63, 3.8) is 0 Å². The van der Waals surface area contributed by atoms with E-state index in [9.17, 15) is 19.7 Å². The van der Waals surface area contributed by atoms with Gasteiger partial charge in [-0.3, -0.25) is 14.9 Å². The zero-order valence-electron chi connectivity index (χ0n) is 15.7. The summed E-state index contributed by atoms with van der Waals surface area (Å²) in [6.45, 7) is 3.21. The van der Waals surface area contributed by atoms with E-state index in [1.807, 2.05) is 23.6 Å². The number of hydrogen-bond donors (Lipinski definition) is 0. The summed E-state index contributed by atoms with van der Waals surface area (Å²) in [5.41, 5.74) is 2.64. The van der Waals surface area contributed by atoms with Crippen LogP contribution in [0.5, 0.6) is 0 Å². The molecule has 29 heavy (non-hydrogen) atoms. The number of aryl methyl sites for hydroxylation is 1. The molecule has 3 aromatic rings. The average molecular weight is 413 g/mol. The lowest BCUT2D eigenvalue weighted by molar-refractivity contribution is -0.384. The van der Waals surface area contributed by atoms with E-state index in [0.717, 1.165) is 17.4 Å². The van der Waals surface area contributed by atoms with Crippen molar-refractivity contribution in [3.05, 3.63) is 92.2 Å². The standard InChI is InChI=1S/C21H17ClN2O5/c1-13-10-19(14(2)23(13)17-8-6-16(22)7-9-17)20(25)12-29-21(26)15-4-3-5-18(11-15)24(27)28/h3-11H,12H2,1-2H3. The van der Waals surface area contributed by atoms with E-state index in [4.69, 9.17) is 16.3 Å². The summed E-state index contributed by atoms with van der Waals surface area (Å²) in [7, 11) is 0. The van der Waals surface area contributed by atoms with Crippen molar-refractivity contribution in [1.29, 1.82) is 0 Å².